The third kappa shape index (κ3) is 8.40. The smallest absolute Gasteiger partial charge is 0.253 e. The molecule has 0 radical (unpaired) electrons. The highest BCUT2D eigenvalue weighted by Gasteiger charge is 2.32. The summed E-state index contributed by atoms with van der Waals surface area (Å²) in [5, 5.41) is 3.09. The predicted octanol–water partition coefficient (Wildman–Crippen LogP) is 2.55. The molecule has 1 heterocycles. The Morgan fingerprint density at radius 1 is 1.03 bits per heavy atom. The van der Waals surface area contributed by atoms with Crippen molar-refractivity contribution < 1.29 is 23.9 Å². The van der Waals surface area contributed by atoms with Crippen LogP contribution in [0.15, 0.2) is 12.2 Å². The van der Waals surface area contributed by atoms with E-state index in [2.05, 4.69) is 38.9 Å². The van der Waals surface area contributed by atoms with Crippen LogP contribution in [0.5, 0.6) is 0 Å². The first kappa shape index (κ1) is 26.1. The summed E-state index contributed by atoms with van der Waals surface area (Å²) in [7, 11) is 0. The molecule has 0 aromatic heterocycles. The fourth-order valence-corrected chi connectivity index (χ4v) is 4.03. The van der Waals surface area contributed by atoms with Gasteiger partial charge in [-0.3, -0.25) is 19.3 Å². The summed E-state index contributed by atoms with van der Waals surface area (Å²) in [5.41, 5.74) is -0.318. The van der Waals surface area contributed by atoms with Gasteiger partial charge in [0.05, 0.1) is 19.8 Å². The molecule has 7 heteroatoms. The van der Waals surface area contributed by atoms with Crippen LogP contribution in [-0.4, -0.2) is 62.1 Å². The normalized spacial score (nSPS) is 21.7. The Morgan fingerprint density at radius 3 is 2.19 bits per heavy atom. The molecule has 1 fully saturated rings. The second-order valence-corrected chi connectivity index (χ2v) is 10.6. The van der Waals surface area contributed by atoms with Crippen LogP contribution in [0.4, 0.5) is 0 Å². The maximum atomic E-state index is 12.7. The Balaban J connectivity index is 1.66. The van der Waals surface area contributed by atoms with Crippen molar-refractivity contribution in [3.63, 3.8) is 0 Å². The van der Waals surface area contributed by atoms with Gasteiger partial charge in [-0.15, -0.1) is 6.42 Å². The molecule has 0 aromatic rings. The summed E-state index contributed by atoms with van der Waals surface area (Å²) >= 11 is 0. The first-order valence-electron chi connectivity index (χ1n) is 11.4. The van der Waals surface area contributed by atoms with Gasteiger partial charge in [0.1, 0.15) is 6.61 Å². The van der Waals surface area contributed by atoms with Crippen molar-refractivity contribution in [3.8, 4) is 12.3 Å². The van der Waals surface area contributed by atoms with E-state index in [0.717, 1.165) is 25.7 Å². The number of nitrogens with one attached hydrogen (secondary N) is 1. The van der Waals surface area contributed by atoms with Crippen LogP contribution < -0.4 is 5.32 Å². The van der Waals surface area contributed by atoms with E-state index in [-0.39, 0.29) is 40.4 Å². The molecule has 0 unspecified atom stereocenters. The Kier molecular flexibility index (Phi) is 9.47. The van der Waals surface area contributed by atoms with Gasteiger partial charge in [0.15, 0.2) is 0 Å². The molecule has 2 rings (SSSR count). The van der Waals surface area contributed by atoms with E-state index in [1.165, 1.54) is 17.1 Å². The second kappa shape index (κ2) is 11.6. The molecular weight excluding hydrogens is 408 g/mol. The van der Waals surface area contributed by atoms with Gasteiger partial charge in [-0.1, -0.05) is 33.6 Å². The van der Waals surface area contributed by atoms with Crippen LogP contribution in [0.25, 0.3) is 0 Å². The van der Waals surface area contributed by atoms with Gasteiger partial charge >= 0.3 is 0 Å². The van der Waals surface area contributed by atoms with Crippen LogP contribution >= 0.6 is 0 Å². The fraction of sp³-hybridized carbons (Fsp3) is 0.720. The topological polar surface area (TPSA) is 84.9 Å². The summed E-state index contributed by atoms with van der Waals surface area (Å²) in [6.45, 7) is 11.2. The molecule has 2 aliphatic rings. The molecule has 0 aromatic carbocycles. The average Bonchev–Trinajstić information content (AvgIpc) is 3.04. The second-order valence-electron chi connectivity index (χ2n) is 10.6. The maximum absolute atomic E-state index is 12.7. The van der Waals surface area contributed by atoms with Crippen LogP contribution in [-0.2, 0) is 23.9 Å². The van der Waals surface area contributed by atoms with Crippen molar-refractivity contribution in [2.45, 2.75) is 53.4 Å². The largest absolute Gasteiger partial charge is 0.380 e. The Bertz CT molecular complexity index is 724. The van der Waals surface area contributed by atoms with E-state index in [1.54, 1.807) is 0 Å². The van der Waals surface area contributed by atoms with E-state index in [9.17, 15) is 14.4 Å². The van der Waals surface area contributed by atoms with E-state index < -0.39 is 0 Å². The maximum Gasteiger partial charge on any atom is 0.253 e. The molecule has 1 aliphatic heterocycles. The van der Waals surface area contributed by atoms with Gasteiger partial charge < -0.3 is 14.8 Å². The number of nitrogens with zero attached hydrogens (tertiary/aromatic N) is 1. The summed E-state index contributed by atoms with van der Waals surface area (Å²) in [6.07, 6.45) is 11.1. The molecule has 0 atom stereocenters. The zero-order valence-electron chi connectivity index (χ0n) is 19.9. The molecule has 3 amide bonds. The van der Waals surface area contributed by atoms with Crippen molar-refractivity contribution in [1.29, 1.82) is 0 Å². The predicted molar refractivity (Wildman–Crippen MR) is 122 cm³/mol. The minimum atomic E-state index is -0.234. The summed E-state index contributed by atoms with van der Waals surface area (Å²) in [5.74, 6) is 2.33. The van der Waals surface area contributed by atoms with Gasteiger partial charge in [-0.25, -0.2) is 0 Å². The Morgan fingerprint density at radius 2 is 1.59 bits per heavy atom. The molecule has 0 saturated heterocycles. The minimum Gasteiger partial charge on any atom is -0.380 e. The summed E-state index contributed by atoms with van der Waals surface area (Å²) < 4.78 is 11.3. The number of imide groups is 1. The highest BCUT2D eigenvalue weighted by atomic mass is 16.5. The van der Waals surface area contributed by atoms with Gasteiger partial charge in [-0.05, 0) is 31.6 Å². The quantitative estimate of drug-likeness (QED) is 0.283. The van der Waals surface area contributed by atoms with Crippen molar-refractivity contribution in [1.82, 2.24) is 10.2 Å². The molecule has 7 nitrogen and oxygen atoms in total. The average molecular weight is 447 g/mol. The van der Waals surface area contributed by atoms with Crippen LogP contribution in [0.1, 0.15) is 53.4 Å². The van der Waals surface area contributed by atoms with Gasteiger partial charge in [-0.2, -0.15) is 0 Å². The number of amides is 3. The molecule has 0 bridgehead atoms. The van der Waals surface area contributed by atoms with E-state index in [0.29, 0.717) is 39.5 Å². The van der Waals surface area contributed by atoms with Gasteiger partial charge in [0.25, 0.3) is 11.8 Å². The van der Waals surface area contributed by atoms with Crippen LogP contribution in [0.2, 0.25) is 0 Å². The summed E-state index contributed by atoms with van der Waals surface area (Å²) in [4.78, 5) is 37.4. The highest BCUT2D eigenvalue weighted by Crippen LogP contribution is 2.30. The molecule has 1 saturated carbocycles. The lowest BCUT2D eigenvalue weighted by Gasteiger charge is -2.32. The first-order chi connectivity index (χ1) is 15.0. The van der Waals surface area contributed by atoms with Gasteiger partial charge in [0.2, 0.25) is 5.91 Å². The number of rotatable bonds is 12. The summed E-state index contributed by atoms with van der Waals surface area (Å²) in [6, 6.07) is 0. The van der Waals surface area contributed by atoms with Crippen molar-refractivity contribution in [3.05, 3.63) is 12.2 Å². The molecule has 1 aliphatic carbocycles. The van der Waals surface area contributed by atoms with Crippen molar-refractivity contribution in [2.75, 3.05) is 39.5 Å². The van der Waals surface area contributed by atoms with Crippen molar-refractivity contribution >= 4 is 17.7 Å². The number of ether oxygens (including phenoxy) is 2. The lowest BCUT2D eigenvalue weighted by Crippen LogP contribution is -2.42. The Labute approximate surface area is 192 Å². The SMILES string of the molecule is C#CCOCC(C)(C)COCC(C)(C)CNC(=O)C1CCC(CN2C(=O)C=CC2=O)CC1. The molecule has 0 spiro atoms. The zero-order valence-corrected chi connectivity index (χ0v) is 19.9. The highest BCUT2D eigenvalue weighted by molar-refractivity contribution is 6.12. The third-order valence-corrected chi connectivity index (χ3v) is 5.96. The Hall–Kier alpha value is -2.17. The van der Waals surface area contributed by atoms with E-state index in [4.69, 9.17) is 15.9 Å². The number of carbonyl (C=O) groups is 3. The monoisotopic (exact) mass is 446 g/mol. The van der Waals surface area contributed by atoms with E-state index >= 15 is 0 Å². The number of hydrogen-bond acceptors (Lipinski definition) is 5. The first-order valence-corrected chi connectivity index (χ1v) is 11.4. The van der Waals surface area contributed by atoms with Crippen molar-refractivity contribution in [2.24, 2.45) is 22.7 Å². The number of terminal acetylenes is 1. The fourth-order valence-electron chi connectivity index (χ4n) is 4.03. The molecule has 32 heavy (non-hydrogen) atoms. The standard InChI is InChI=1S/C25H38N2O5/c1-6-13-31-17-25(4,5)18-32-16-24(2,3)15-26-23(30)20-9-7-19(8-10-20)14-27-21(28)11-12-22(27)29/h1,11-12,19-20H,7-10,13-18H2,2-5H3,(H,26,30). The van der Waals surface area contributed by atoms with Crippen LogP contribution in [0.3, 0.4) is 0 Å². The lowest BCUT2D eigenvalue weighted by molar-refractivity contribution is -0.138. The lowest BCUT2D eigenvalue weighted by atomic mass is 9.81. The minimum absolute atomic E-state index is 0.0155. The number of carbonyl (C=O) groups excluding carboxylic acids is 3. The third-order valence-electron chi connectivity index (χ3n) is 5.96. The van der Waals surface area contributed by atoms with E-state index in [1.807, 2.05) is 0 Å². The molecule has 1 N–H and O–H groups in total. The number of hydrogen-bond donors (Lipinski definition) is 1. The molecular formula is C25H38N2O5. The zero-order chi connectivity index (χ0) is 23.8. The molecule has 178 valence electrons. The van der Waals surface area contributed by atoms with Crippen LogP contribution in [0, 0.1) is 35.0 Å². The van der Waals surface area contributed by atoms with Gasteiger partial charge in [0, 0.05) is 42.0 Å².